The molecule has 2 aromatic carbocycles. The molecule has 0 aliphatic heterocycles. The summed E-state index contributed by atoms with van der Waals surface area (Å²) in [6.45, 7) is -0.121. The van der Waals surface area contributed by atoms with Gasteiger partial charge in [-0.05, 0) is 23.3 Å². The molecular weight excluding hydrogens is 459 g/mol. The largest absolute Gasteiger partial charge is 0.467 e. The number of hydrogen-bond donors (Lipinski definition) is 3. The number of rotatable bonds is 10. The number of nitrogens with one attached hydrogen (secondary N) is 2. The first kappa shape index (κ1) is 25.5. The predicted molar refractivity (Wildman–Crippen MR) is 119 cm³/mol. The Bertz CT molecular complexity index is 926. The van der Waals surface area contributed by atoms with Gasteiger partial charge in [0.25, 0.3) is 0 Å². The number of carbonyl (C=O) groups is 3. The fraction of sp³-hybridized carbons (Fsp3) is 0.318. The van der Waals surface area contributed by atoms with Crippen molar-refractivity contribution < 1.29 is 29.0 Å². The quantitative estimate of drug-likeness (QED) is 0.448. The van der Waals surface area contributed by atoms with Crippen LogP contribution in [0.25, 0.3) is 0 Å². The van der Waals surface area contributed by atoms with Crippen LogP contribution in [0, 0.1) is 0 Å². The molecule has 0 aliphatic carbocycles. The second-order valence-corrected chi connectivity index (χ2v) is 7.73. The van der Waals surface area contributed by atoms with Gasteiger partial charge in [-0.15, -0.1) is 0 Å². The minimum absolute atomic E-state index is 0.0779. The maximum Gasteiger partial charge on any atom is 0.407 e. The Labute approximate surface area is 195 Å². The SMILES string of the molecule is COC(=O)[C@@H](Cc1ccc(Cl)cc1Cl)NC(=O)C[C@H](O)CNC(=O)OCc1ccccc1. The number of alkyl carbamates (subject to hydrolysis) is 1. The number of benzene rings is 2. The van der Waals surface area contributed by atoms with E-state index in [1.165, 1.54) is 13.2 Å². The van der Waals surface area contributed by atoms with Gasteiger partial charge in [-0.3, -0.25) is 4.79 Å². The first-order chi connectivity index (χ1) is 15.3. The fourth-order valence-corrected chi connectivity index (χ4v) is 3.24. The van der Waals surface area contributed by atoms with E-state index < -0.39 is 30.1 Å². The highest BCUT2D eigenvalue weighted by atomic mass is 35.5. The lowest BCUT2D eigenvalue weighted by Crippen LogP contribution is -2.45. The van der Waals surface area contributed by atoms with E-state index in [-0.39, 0.29) is 26.0 Å². The minimum atomic E-state index is -1.18. The third-order valence-corrected chi connectivity index (χ3v) is 4.96. The van der Waals surface area contributed by atoms with E-state index in [1.54, 1.807) is 24.3 Å². The summed E-state index contributed by atoms with van der Waals surface area (Å²) in [7, 11) is 1.20. The molecule has 8 nitrogen and oxygen atoms in total. The maximum absolute atomic E-state index is 12.3. The van der Waals surface area contributed by atoms with Gasteiger partial charge in [0.05, 0.1) is 19.6 Å². The number of aliphatic hydroxyl groups excluding tert-OH is 1. The summed E-state index contributed by atoms with van der Waals surface area (Å²) in [5, 5.41) is 15.7. The van der Waals surface area contributed by atoms with Crippen molar-refractivity contribution in [3.8, 4) is 0 Å². The van der Waals surface area contributed by atoms with Gasteiger partial charge in [0, 0.05) is 23.0 Å². The average molecular weight is 483 g/mol. The van der Waals surface area contributed by atoms with Crippen molar-refractivity contribution in [2.45, 2.75) is 31.6 Å². The third-order valence-electron chi connectivity index (χ3n) is 4.38. The first-order valence-electron chi connectivity index (χ1n) is 9.72. The number of esters is 1. The number of amides is 2. The summed E-state index contributed by atoms with van der Waals surface area (Å²) in [5.41, 5.74) is 1.41. The summed E-state index contributed by atoms with van der Waals surface area (Å²) < 4.78 is 9.77. The van der Waals surface area contributed by atoms with Crippen LogP contribution in [-0.4, -0.2) is 48.9 Å². The Morgan fingerprint density at radius 1 is 1.09 bits per heavy atom. The summed E-state index contributed by atoms with van der Waals surface area (Å²) in [6, 6.07) is 12.9. The molecule has 172 valence electrons. The van der Waals surface area contributed by atoms with E-state index in [0.717, 1.165) is 5.56 Å². The summed E-state index contributed by atoms with van der Waals surface area (Å²) in [6.07, 6.45) is -2.18. The van der Waals surface area contributed by atoms with Crippen LogP contribution < -0.4 is 10.6 Å². The standard InChI is InChI=1S/C22H24Cl2N2O6/c1-31-21(29)19(9-15-7-8-16(23)10-18(15)24)26-20(28)11-17(27)12-25-22(30)32-13-14-5-3-2-4-6-14/h2-8,10,17,19,27H,9,11-13H2,1H3,(H,25,30)(H,26,28)/t17-,19+/m0/s1. The van der Waals surface area contributed by atoms with Crippen LogP contribution >= 0.6 is 23.2 Å². The Hall–Kier alpha value is -2.81. The van der Waals surface area contributed by atoms with Crippen molar-refractivity contribution in [1.29, 1.82) is 0 Å². The van der Waals surface area contributed by atoms with Crippen LogP contribution in [0.3, 0.4) is 0 Å². The average Bonchev–Trinajstić information content (AvgIpc) is 2.77. The zero-order valence-corrected chi connectivity index (χ0v) is 18.9. The van der Waals surface area contributed by atoms with E-state index in [4.69, 9.17) is 32.7 Å². The van der Waals surface area contributed by atoms with Gasteiger partial charge in [-0.1, -0.05) is 59.6 Å². The second-order valence-electron chi connectivity index (χ2n) is 6.88. The van der Waals surface area contributed by atoms with Gasteiger partial charge >= 0.3 is 12.1 Å². The molecule has 32 heavy (non-hydrogen) atoms. The monoisotopic (exact) mass is 482 g/mol. The number of hydrogen-bond acceptors (Lipinski definition) is 6. The molecule has 2 atom stereocenters. The summed E-state index contributed by atoms with van der Waals surface area (Å²) in [4.78, 5) is 36.1. The lowest BCUT2D eigenvalue weighted by molar-refractivity contribution is -0.145. The number of aliphatic hydroxyl groups is 1. The summed E-state index contributed by atoms with van der Waals surface area (Å²) >= 11 is 12.0. The Kier molecular flexibility index (Phi) is 10.3. The van der Waals surface area contributed by atoms with Gasteiger partial charge in [0.1, 0.15) is 12.6 Å². The molecule has 0 heterocycles. The van der Waals surface area contributed by atoms with Crippen molar-refractivity contribution >= 4 is 41.2 Å². The van der Waals surface area contributed by atoms with E-state index >= 15 is 0 Å². The predicted octanol–water partition coefficient (Wildman–Crippen LogP) is 2.87. The van der Waals surface area contributed by atoms with Gasteiger partial charge in [0.2, 0.25) is 5.91 Å². The molecule has 0 aromatic heterocycles. The zero-order chi connectivity index (χ0) is 23.5. The number of halogens is 2. The molecule has 0 bridgehead atoms. The normalized spacial score (nSPS) is 12.4. The van der Waals surface area contributed by atoms with Gasteiger partial charge in [0.15, 0.2) is 0 Å². The molecule has 10 heteroatoms. The van der Waals surface area contributed by atoms with Crippen LogP contribution in [0.4, 0.5) is 4.79 Å². The van der Waals surface area contributed by atoms with Crippen LogP contribution in [0.1, 0.15) is 17.5 Å². The number of carbonyl (C=O) groups excluding carboxylic acids is 3. The van der Waals surface area contributed by atoms with E-state index in [9.17, 15) is 19.5 Å². The third kappa shape index (κ3) is 8.74. The minimum Gasteiger partial charge on any atom is -0.467 e. The molecule has 2 aromatic rings. The molecule has 0 unspecified atom stereocenters. The molecule has 0 aliphatic rings. The van der Waals surface area contributed by atoms with Crippen molar-refractivity contribution in [2.75, 3.05) is 13.7 Å². The highest BCUT2D eigenvalue weighted by molar-refractivity contribution is 6.35. The molecule has 2 rings (SSSR count). The lowest BCUT2D eigenvalue weighted by atomic mass is 10.1. The highest BCUT2D eigenvalue weighted by Crippen LogP contribution is 2.22. The number of ether oxygens (including phenoxy) is 2. The van der Waals surface area contributed by atoms with Crippen molar-refractivity contribution in [3.63, 3.8) is 0 Å². The maximum atomic E-state index is 12.3. The van der Waals surface area contributed by atoms with Crippen LogP contribution in [0.15, 0.2) is 48.5 Å². The van der Waals surface area contributed by atoms with Crippen molar-refractivity contribution in [3.05, 3.63) is 69.7 Å². The Balaban J connectivity index is 1.80. The summed E-state index contributed by atoms with van der Waals surface area (Å²) in [5.74, 6) is -1.26. The van der Waals surface area contributed by atoms with E-state index in [0.29, 0.717) is 15.6 Å². The Morgan fingerprint density at radius 2 is 1.81 bits per heavy atom. The van der Waals surface area contributed by atoms with Gasteiger partial charge in [-0.2, -0.15) is 0 Å². The molecule has 3 N–H and O–H groups in total. The van der Waals surface area contributed by atoms with Crippen molar-refractivity contribution in [1.82, 2.24) is 10.6 Å². The molecule has 0 saturated carbocycles. The van der Waals surface area contributed by atoms with Gasteiger partial charge in [-0.25, -0.2) is 9.59 Å². The molecule has 2 amide bonds. The van der Waals surface area contributed by atoms with Crippen molar-refractivity contribution in [2.24, 2.45) is 0 Å². The molecule has 0 saturated heterocycles. The Morgan fingerprint density at radius 3 is 2.47 bits per heavy atom. The zero-order valence-electron chi connectivity index (χ0n) is 17.3. The first-order valence-corrected chi connectivity index (χ1v) is 10.5. The lowest BCUT2D eigenvalue weighted by Gasteiger charge is -2.19. The highest BCUT2D eigenvalue weighted by Gasteiger charge is 2.24. The molecule has 0 radical (unpaired) electrons. The van der Waals surface area contributed by atoms with Crippen LogP contribution in [0.5, 0.6) is 0 Å². The fourth-order valence-electron chi connectivity index (χ4n) is 2.76. The second kappa shape index (κ2) is 12.9. The van der Waals surface area contributed by atoms with Crippen LogP contribution in [-0.2, 0) is 32.1 Å². The van der Waals surface area contributed by atoms with Crippen LogP contribution in [0.2, 0.25) is 10.0 Å². The molecule has 0 spiro atoms. The topological polar surface area (TPSA) is 114 Å². The number of methoxy groups -OCH3 is 1. The van der Waals surface area contributed by atoms with E-state index in [2.05, 4.69) is 10.6 Å². The smallest absolute Gasteiger partial charge is 0.407 e. The molecule has 0 fully saturated rings. The molecular formula is C22H24Cl2N2O6. The van der Waals surface area contributed by atoms with E-state index in [1.807, 2.05) is 18.2 Å². The van der Waals surface area contributed by atoms with Gasteiger partial charge < -0.3 is 25.2 Å².